The van der Waals surface area contributed by atoms with Crippen molar-refractivity contribution in [3.63, 3.8) is 0 Å². The van der Waals surface area contributed by atoms with Crippen LogP contribution in [0.2, 0.25) is 0 Å². The number of nitrogens with one attached hydrogen (secondary N) is 1. The summed E-state index contributed by atoms with van der Waals surface area (Å²) in [6, 6.07) is 14.9. The third-order valence-corrected chi connectivity index (χ3v) is 4.61. The summed E-state index contributed by atoms with van der Waals surface area (Å²) in [5.74, 6) is 2.25. The number of hydrogen-bond acceptors (Lipinski definition) is 5. The fourth-order valence-corrected chi connectivity index (χ4v) is 3.15. The highest BCUT2D eigenvalue weighted by Gasteiger charge is 2.09. The second-order valence-corrected chi connectivity index (χ2v) is 6.44. The van der Waals surface area contributed by atoms with Gasteiger partial charge in [-0.05, 0) is 35.9 Å². The van der Waals surface area contributed by atoms with Gasteiger partial charge in [-0.15, -0.1) is 11.8 Å². The van der Waals surface area contributed by atoms with E-state index in [1.807, 2.05) is 42.1 Å². The molecule has 1 saturated heterocycles. The van der Waals surface area contributed by atoms with E-state index in [4.69, 9.17) is 9.47 Å². The Morgan fingerprint density at radius 3 is 2.75 bits per heavy atom. The SMILES string of the molecule is COc1cccc(C(=O)COc2ccc(/C=C3/CNCS3)cc2)c1. The molecule has 0 radical (unpaired) electrons. The minimum absolute atomic E-state index is 0.00732. The normalized spacial score (nSPS) is 15.5. The number of Topliss-reactive ketones (excluding diaryl/α,β-unsaturated/α-hetero) is 1. The molecule has 5 heteroatoms. The molecule has 2 aromatic carbocycles. The predicted molar refractivity (Wildman–Crippen MR) is 97.7 cm³/mol. The first-order valence-electron chi connectivity index (χ1n) is 7.69. The Labute approximate surface area is 145 Å². The molecule has 4 nitrogen and oxygen atoms in total. The van der Waals surface area contributed by atoms with E-state index >= 15 is 0 Å². The maximum absolute atomic E-state index is 12.2. The molecule has 1 aliphatic rings. The Hall–Kier alpha value is -2.24. The van der Waals surface area contributed by atoms with E-state index in [0.29, 0.717) is 17.1 Å². The molecule has 0 aliphatic carbocycles. The van der Waals surface area contributed by atoms with E-state index in [9.17, 15) is 4.79 Å². The second kappa shape index (κ2) is 8.04. The van der Waals surface area contributed by atoms with Crippen molar-refractivity contribution in [3.8, 4) is 11.5 Å². The van der Waals surface area contributed by atoms with Crippen molar-refractivity contribution in [2.24, 2.45) is 0 Å². The molecule has 3 rings (SSSR count). The van der Waals surface area contributed by atoms with Gasteiger partial charge in [0.1, 0.15) is 11.5 Å². The fraction of sp³-hybridized carbons (Fsp3) is 0.211. The minimum atomic E-state index is -0.0754. The highest BCUT2D eigenvalue weighted by atomic mass is 32.2. The van der Waals surface area contributed by atoms with Gasteiger partial charge in [-0.2, -0.15) is 0 Å². The summed E-state index contributed by atoms with van der Waals surface area (Å²) < 4.78 is 10.7. The van der Waals surface area contributed by atoms with Gasteiger partial charge in [0.15, 0.2) is 12.4 Å². The van der Waals surface area contributed by atoms with Crippen LogP contribution in [-0.4, -0.2) is 31.9 Å². The molecular formula is C19H19NO3S. The van der Waals surface area contributed by atoms with Crippen molar-refractivity contribution in [3.05, 3.63) is 64.6 Å². The predicted octanol–water partition coefficient (Wildman–Crippen LogP) is 3.59. The summed E-state index contributed by atoms with van der Waals surface area (Å²) >= 11 is 1.82. The Morgan fingerprint density at radius 2 is 2.04 bits per heavy atom. The molecule has 1 heterocycles. The van der Waals surface area contributed by atoms with Crippen molar-refractivity contribution in [1.29, 1.82) is 0 Å². The summed E-state index contributed by atoms with van der Waals surface area (Å²) in [6.45, 7) is 0.936. The lowest BCUT2D eigenvalue weighted by atomic mass is 10.1. The highest BCUT2D eigenvalue weighted by Crippen LogP contribution is 2.23. The Balaban J connectivity index is 1.58. The van der Waals surface area contributed by atoms with E-state index in [2.05, 4.69) is 11.4 Å². The van der Waals surface area contributed by atoms with Crippen LogP contribution in [0.15, 0.2) is 53.4 Å². The third-order valence-electron chi connectivity index (χ3n) is 3.63. The number of ketones is 1. The molecule has 1 N–H and O–H groups in total. The van der Waals surface area contributed by atoms with E-state index in [-0.39, 0.29) is 12.4 Å². The molecule has 24 heavy (non-hydrogen) atoms. The van der Waals surface area contributed by atoms with Gasteiger partial charge in [-0.3, -0.25) is 4.79 Å². The molecule has 0 atom stereocenters. The smallest absolute Gasteiger partial charge is 0.200 e. The van der Waals surface area contributed by atoms with Crippen molar-refractivity contribution in [2.45, 2.75) is 0 Å². The van der Waals surface area contributed by atoms with E-state index in [0.717, 1.165) is 18.0 Å². The van der Waals surface area contributed by atoms with Gasteiger partial charge in [-0.1, -0.05) is 24.3 Å². The lowest BCUT2D eigenvalue weighted by molar-refractivity contribution is 0.0921. The van der Waals surface area contributed by atoms with Crippen LogP contribution in [0.3, 0.4) is 0 Å². The summed E-state index contributed by atoms with van der Waals surface area (Å²) in [5.41, 5.74) is 1.72. The maximum Gasteiger partial charge on any atom is 0.200 e. The fourth-order valence-electron chi connectivity index (χ4n) is 2.34. The lowest BCUT2D eigenvalue weighted by Gasteiger charge is -2.07. The van der Waals surface area contributed by atoms with Crippen molar-refractivity contribution in [2.75, 3.05) is 26.1 Å². The number of rotatable bonds is 6. The zero-order valence-corrected chi connectivity index (χ0v) is 14.3. The summed E-state index contributed by atoms with van der Waals surface area (Å²) in [6.07, 6.45) is 2.16. The molecular weight excluding hydrogens is 322 g/mol. The summed E-state index contributed by atoms with van der Waals surface area (Å²) in [4.78, 5) is 13.5. The van der Waals surface area contributed by atoms with E-state index in [1.54, 1.807) is 25.3 Å². The summed E-state index contributed by atoms with van der Waals surface area (Å²) in [5, 5.41) is 3.28. The van der Waals surface area contributed by atoms with Crippen LogP contribution < -0.4 is 14.8 Å². The molecule has 1 fully saturated rings. The minimum Gasteiger partial charge on any atom is -0.497 e. The number of ether oxygens (including phenoxy) is 2. The number of benzene rings is 2. The Kier molecular flexibility index (Phi) is 5.56. The van der Waals surface area contributed by atoms with Gasteiger partial charge < -0.3 is 14.8 Å². The van der Waals surface area contributed by atoms with Crippen LogP contribution in [0.5, 0.6) is 11.5 Å². The van der Waals surface area contributed by atoms with Crippen molar-refractivity contribution in [1.82, 2.24) is 5.32 Å². The first kappa shape index (κ1) is 16.6. The lowest BCUT2D eigenvalue weighted by Crippen LogP contribution is -2.11. The van der Waals surface area contributed by atoms with Gasteiger partial charge in [-0.25, -0.2) is 0 Å². The first-order valence-corrected chi connectivity index (χ1v) is 8.67. The first-order chi connectivity index (χ1) is 11.7. The topological polar surface area (TPSA) is 47.6 Å². The molecule has 0 bridgehead atoms. The van der Waals surface area contributed by atoms with Gasteiger partial charge in [0.05, 0.1) is 7.11 Å². The highest BCUT2D eigenvalue weighted by molar-refractivity contribution is 8.03. The quantitative estimate of drug-likeness (QED) is 0.814. The van der Waals surface area contributed by atoms with Gasteiger partial charge in [0.25, 0.3) is 0 Å². The van der Waals surface area contributed by atoms with E-state index < -0.39 is 0 Å². The zero-order chi connectivity index (χ0) is 16.8. The molecule has 1 aliphatic heterocycles. The molecule has 0 spiro atoms. The number of thioether (sulfide) groups is 1. The number of hydrogen-bond donors (Lipinski definition) is 1. The van der Waals surface area contributed by atoms with Crippen LogP contribution in [0, 0.1) is 0 Å². The maximum atomic E-state index is 12.2. The zero-order valence-electron chi connectivity index (χ0n) is 13.5. The van der Waals surface area contributed by atoms with E-state index in [1.165, 1.54) is 4.91 Å². The van der Waals surface area contributed by atoms with Crippen LogP contribution in [0.25, 0.3) is 6.08 Å². The Bertz CT molecular complexity index is 733. The van der Waals surface area contributed by atoms with Crippen LogP contribution in [-0.2, 0) is 0 Å². The van der Waals surface area contributed by atoms with Crippen LogP contribution >= 0.6 is 11.8 Å². The standard InChI is InChI=1S/C19H19NO3S/c1-22-17-4-2-3-15(10-17)19(21)12-23-16-7-5-14(6-8-16)9-18-11-20-13-24-18/h2-10,20H,11-13H2,1H3/b18-9-. The van der Waals surface area contributed by atoms with Gasteiger partial charge >= 0.3 is 0 Å². The molecule has 0 unspecified atom stereocenters. The third kappa shape index (κ3) is 4.40. The van der Waals surface area contributed by atoms with Crippen LogP contribution in [0.4, 0.5) is 0 Å². The molecule has 0 saturated carbocycles. The molecule has 0 amide bonds. The largest absolute Gasteiger partial charge is 0.497 e. The molecule has 0 aromatic heterocycles. The number of methoxy groups -OCH3 is 1. The molecule has 124 valence electrons. The monoisotopic (exact) mass is 341 g/mol. The Morgan fingerprint density at radius 1 is 1.21 bits per heavy atom. The van der Waals surface area contributed by atoms with Gasteiger partial charge in [0, 0.05) is 22.9 Å². The van der Waals surface area contributed by atoms with Crippen molar-refractivity contribution < 1.29 is 14.3 Å². The summed E-state index contributed by atoms with van der Waals surface area (Å²) in [7, 11) is 1.58. The second-order valence-electron chi connectivity index (χ2n) is 5.34. The average molecular weight is 341 g/mol. The van der Waals surface area contributed by atoms with Gasteiger partial charge in [0.2, 0.25) is 0 Å². The van der Waals surface area contributed by atoms with Crippen molar-refractivity contribution >= 4 is 23.6 Å². The van der Waals surface area contributed by atoms with Crippen LogP contribution in [0.1, 0.15) is 15.9 Å². The average Bonchev–Trinajstić information content (AvgIpc) is 3.14. The molecule has 2 aromatic rings. The number of carbonyl (C=O) groups is 1. The number of carbonyl (C=O) groups excluding carboxylic acids is 1.